The van der Waals surface area contributed by atoms with Crippen molar-refractivity contribution in [3.05, 3.63) is 71.8 Å². The molecular formula is C15H12N4. The number of nitrogens with zero attached hydrogens (tertiary/aromatic N) is 2. The zero-order chi connectivity index (χ0) is 14.3. The van der Waals surface area contributed by atoms with Crippen molar-refractivity contribution in [3.63, 3.8) is 0 Å². The maximum Gasteiger partial charge on any atom is 0.0991 e. The summed E-state index contributed by atoms with van der Waals surface area (Å²) >= 11 is 0. The second-order valence-electron chi connectivity index (χ2n) is 3.08. The molecule has 0 bridgehead atoms. The molecule has 19 heavy (non-hydrogen) atoms. The molecule has 2 rings (SSSR count). The van der Waals surface area contributed by atoms with Crippen molar-refractivity contribution in [1.82, 2.24) is 0 Å². The van der Waals surface area contributed by atoms with Gasteiger partial charge in [0.15, 0.2) is 0 Å². The maximum absolute atomic E-state index is 8.29. The minimum atomic E-state index is 0.715. The highest BCUT2D eigenvalue weighted by molar-refractivity contribution is 5.29. The number of benzene rings is 2. The Labute approximate surface area is 112 Å². The van der Waals surface area contributed by atoms with Crippen LogP contribution in [-0.2, 0) is 0 Å². The Morgan fingerprint density at radius 3 is 1.05 bits per heavy atom. The zero-order valence-corrected chi connectivity index (χ0v) is 10.2. The van der Waals surface area contributed by atoms with Gasteiger partial charge in [-0.05, 0) is 24.3 Å². The van der Waals surface area contributed by atoms with E-state index in [-0.39, 0.29) is 0 Å². The maximum atomic E-state index is 8.29. The van der Waals surface area contributed by atoms with Gasteiger partial charge in [0.2, 0.25) is 0 Å². The molecule has 92 valence electrons. The first-order valence-electron chi connectivity index (χ1n) is 5.27. The largest absolute Gasteiger partial charge is 0.242 e. The zero-order valence-electron chi connectivity index (χ0n) is 10.2. The lowest BCUT2D eigenvalue weighted by Gasteiger charge is -1.80. The molecule has 0 saturated heterocycles. The van der Waals surface area contributed by atoms with Crippen LogP contribution in [0.25, 0.3) is 0 Å². The van der Waals surface area contributed by atoms with Gasteiger partial charge in [0.05, 0.1) is 29.3 Å². The van der Waals surface area contributed by atoms with E-state index in [1.807, 2.05) is 48.5 Å². The fraction of sp³-hybridized carbons (Fsp3) is 0. The number of rotatable bonds is 0. The third-order valence-corrected chi connectivity index (χ3v) is 1.81. The molecule has 0 spiro atoms. The van der Waals surface area contributed by atoms with Crippen LogP contribution < -0.4 is 0 Å². The van der Waals surface area contributed by atoms with E-state index in [1.165, 1.54) is 6.01 Å². The minimum absolute atomic E-state index is 0.715. The van der Waals surface area contributed by atoms with E-state index in [1.54, 1.807) is 24.3 Å². The van der Waals surface area contributed by atoms with Crippen molar-refractivity contribution in [2.75, 3.05) is 0 Å². The van der Waals surface area contributed by atoms with Crippen LogP contribution in [0, 0.1) is 33.5 Å². The van der Waals surface area contributed by atoms with Gasteiger partial charge in [-0.2, -0.15) is 10.5 Å². The van der Waals surface area contributed by atoms with Gasteiger partial charge < -0.3 is 0 Å². The molecule has 0 heterocycles. The summed E-state index contributed by atoms with van der Waals surface area (Å²) in [6.45, 7) is 0. The highest BCUT2D eigenvalue weighted by Gasteiger charge is 1.80. The minimum Gasteiger partial charge on any atom is -0.242 e. The SMILES string of the molecule is N#Cc1ccccc1.N#Cc1ccccc1.N=C=N. The van der Waals surface area contributed by atoms with Crippen LogP contribution in [0.15, 0.2) is 60.7 Å². The van der Waals surface area contributed by atoms with Crippen LogP contribution >= 0.6 is 0 Å². The predicted molar refractivity (Wildman–Crippen MR) is 72.8 cm³/mol. The lowest BCUT2D eigenvalue weighted by Crippen LogP contribution is -1.66. The second kappa shape index (κ2) is 11.3. The Bertz CT molecular complexity index is 522. The topological polar surface area (TPSA) is 95.3 Å². The third kappa shape index (κ3) is 8.59. The van der Waals surface area contributed by atoms with Gasteiger partial charge in [-0.25, -0.2) is 10.8 Å². The van der Waals surface area contributed by atoms with Crippen molar-refractivity contribution in [2.45, 2.75) is 0 Å². The molecule has 0 aromatic heterocycles. The molecule has 0 unspecified atom stereocenters. The molecular weight excluding hydrogens is 236 g/mol. The van der Waals surface area contributed by atoms with E-state index in [0.29, 0.717) is 11.1 Å². The summed E-state index contributed by atoms with van der Waals surface area (Å²) in [5, 5.41) is 27.8. The van der Waals surface area contributed by atoms with Gasteiger partial charge in [0, 0.05) is 0 Å². The summed E-state index contributed by atoms with van der Waals surface area (Å²) in [5.41, 5.74) is 1.43. The fourth-order valence-electron chi connectivity index (χ4n) is 1.03. The summed E-state index contributed by atoms with van der Waals surface area (Å²) in [6.07, 6.45) is 0. The molecule has 2 N–H and O–H groups in total. The summed E-state index contributed by atoms with van der Waals surface area (Å²) in [5.74, 6) is 0. The van der Waals surface area contributed by atoms with Gasteiger partial charge in [0.25, 0.3) is 0 Å². The van der Waals surface area contributed by atoms with Gasteiger partial charge in [-0.3, -0.25) is 0 Å². The van der Waals surface area contributed by atoms with Gasteiger partial charge in [0.1, 0.15) is 0 Å². The van der Waals surface area contributed by atoms with Crippen LogP contribution in [-0.4, -0.2) is 6.01 Å². The molecule has 4 nitrogen and oxygen atoms in total. The third-order valence-electron chi connectivity index (χ3n) is 1.81. The molecule has 0 fully saturated rings. The average molecular weight is 248 g/mol. The molecule has 0 aliphatic rings. The number of nitriles is 2. The Balaban J connectivity index is 0.000000284. The highest BCUT2D eigenvalue weighted by Crippen LogP contribution is 1.93. The number of hydrogen-bond acceptors (Lipinski definition) is 4. The molecule has 0 amide bonds. The van der Waals surface area contributed by atoms with Crippen molar-refractivity contribution in [2.24, 2.45) is 0 Å². The quantitative estimate of drug-likeness (QED) is 0.698. The Hall–Kier alpha value is -3.20. The molecule has 0 atom stereocenters. The molecule has 0 aliphatic carbocycles. The van der Waals surface area contributed by atoms with Crippen LogP contribution in [0.4, 0.5) is 0 Å². The first-order chi connectivity index (χ1) is 9.28. The van der Waals surface area contributed by atoms with E-state index in [4.69, 9.17) is 21.3 Å². The van der Waals surface area contributed by atoms with Crippen molar-refractivity contribution in [1.29, 1.82) is 21.3 Å². The van der Waals surface area contributed by atoms with E-state index in [2.05, 4.69) is 0 Å². The van der Waals surface area contributed by atoms with E-state index >= 15 is 0 Å². The second-order valence-corrected chi connectivity index (χ2v) is 3.08. The molecule has 4 heteroatoms. The normalized spacial score (nSPS) is 7.05. The molecule has 0 saturated carbocycles. The van der Waals surface area contributed by atoms with E-state index in [9.17, 15) is 0 Å². The molecule has 0 radical (unpaired) electrons. The standard InChI is InChI=1S/2C7H5N.CH2N2/c2*8-6-7-4-2-1-3-5-7;2-1-3/h2*1-5H;2-3H. The Morgan fingerprint density at radius 1 is 0.632 bits per heavy atom. The van der Waals surface area contributed by atoms with E-state index in [0.717, 1.165) is 0 Å². The van der Waals surface area contributed by atoms with Gasteiger partial charge in [-0.15, -0.1) is 0 Å². The summed E-state index contributed by atoms with van der Waals surface area (Å²) in [6, 6.07) is 23.6. The fourth-order valence-corrected chi connectivity index (χ4v) is 1.03. The van der Waals surface area contributed by atoms with Crippen molar-refractivity contribution < 1.29 is 0 Å². The van der Waals surface area contributed by atoms with E-state index < -0.39 is 0 Å². The van der Waals surface area contributed by atoms with Gasteiger partial charge in [-0.1, -0.05) is 36.4 Å². The average Bonchev–Trinajstić information content (AvgIpc) is 2.50. The lowest BCUT2D eigenvalue weighted by molar-refractivity contribution is 1.47. The number of hydrogen-bond donors (Lipinski definition) is 2. The number of nitrogens with one attached hydrogen (secondary N) is 2. The molecule has 2 aromatic carbocycles. The smallest absolute Gasteiger partial charge is 0.0991 e. The Kier molecular flexibility index (Phi) is 9.39. The highest BCUT2D eigenvalue weighted by atomic mass is 14.4. The van der Waals surface area contributed by atoms with Crippen molar-refractivity contribution in [3.8, 4) is 12.1 Å². The summed E-state index contributed by atoms with van der Waals surface area (Å²) < 4.78 is 0. The van der Waals surface area contributed by atoms with Gasteiger partial charge >= 0.3 is 0 Å². The summed E-state index contributed by atoms with van der Waals surface area (Å²) in [7, 11) is 0. The monoisotopic (exact) mass is 248 g/mol. The first-order valence-corrected chi connectivity index (χ1v) is 5.27. The van der Waals surface area contributed by atoms with Crippen LogP contribution in [0.5, 0.6) is 0 Å². The van der Waals surface area contributed by atoms with Crippen molar-refractivity contribution >= 4 is 6.01 Å². The summed E-state index contributed by atoms with van der Waals surface area (Å²) in [4.78, 5) is 0. The van der Waals surface area contributed by atoms with Crippen LogP contribution in [0.1, 0.15) is 11.1 Å². The van der Waals surface area contributed by atoms with Crippen LogP contribution in [0.3, 0.4) is 0 Å². The Morgan fingerprint density at radius 2 is 0.895 bits per heavy atom. The molecule has 2 aromatic rings. The molecule has 0 aliphatic heterocycles. The predicted octanol–water partition coefficient (Wildman–Crippen LogP) is 3.43. The van der Waals surface area contributed by atoms with Crippen LogP contribution in [0.2, 0.25) is 0 Å². The first kappa shape index (κ1) is 15.8. The lowest BCUT2D eigenvalue weighted by atomic mass is 10.2.